The highest BCUT2D eigenvalue weighted by Crippen LogP contribution is 2.39. The smallest absolute Gasteiger partial charge is 0.230 e. The average molecular weight is 329 g/mol. The number of benzene rings is 1. The molecule has 2 unspecified atom stereocenters. The maximum atomic E-state index is 11.9. The van der Waals surface area contributed by atoms with Crippen LogP contribution in [0.25, 0.3) is 0 Å². The molecule has 1 saturated heterocycles. The quantitative estimate of drug-likeness (QED) is 0.839. The fourth-order valence-corrected chi connectivity index (χ4v) is 3.02. The monoisotopic (exact) mass is 329 g/mol. The third-order valence-electron chi connectivity index (χ3n) is 4.61. The molecule has 0 saturated carbocycles. The van der Waals surface area contributed by atoms with Crippen molar-refractivity contribution >= 4 is 5.91 Å². The van der Waals surface area contributed by atoms with Crippen LogP contribution in [0.3, 0.4) is 0 Å². The van der Waals surface area contributed by atoms with Gasteiger partial charge in [-0.15, -0.1) is 0 Å². The van der Waals surface area contributed by atoms with E-state index in [0.717, 1.165) is 6.42 Å². The van der Waals surface area contributed by atoms with Gasteiger partial charge in [-0.25, -0.2) is 0 Å². The van der Waals surface area contributed by atoms with Crippen LogP contribution >= 0.6 is 0 Å². The van der Waals surface area contributed by atoms with Crippen LogP contribution in [-0.2, 0) is 10.4 Å². The third kappa shape index (κ3) is 2.50. The van der Waals surface area contributed by atoms with Crippen molar-refractivity contribution in [3.63, 3.8) is 0 Å². The van der Waals surface area contributed by atoms with Crippen LogP contribution in [0.4, 0.5) is 0 Å². The Labute approximate surface area is 139 Å². The summed E-state index contributed by atoms with van der Waals surface area (Å²) in [5.41, 5.74) is -0.814. The molecule has 0 aliphatic carbocycles. The summed E-state index contributed by atoms with van der Waals surface area (Å²) >= 11 is 0. The van der Waals surface area contributed by atoms with Gasteiger partial charge in [0.15, 0.2) is 11.5 Å². The zero-order chi connectivity index (χ0) is 16.7. The Morgan fingerprint density at radius 2 is 2.08 bits per heavy atom. The number of likely N-dealkylation sites (tertiary alicyclic amines) is 1. The van der Waals surface area contributed by atoms with Crippen LogP contribution in [0.15, 0.2) is 28.8 Å². The summed E-state index contributed by atoms with van der Waals surface area (Å²) in [6, 6.07) is 7.50. The summed E-state index contributed by atoms with van der Waals surface area (Å²) in [5.74, 6) is 2.37. The van der Waals surface area contributed by atoms with Gasteiger partial charge in [0.05, 0.1) is 0 Å². The van der Waals surface area contributed by atoms with E-state index in [2.05, 4.69) is 10.1 Å². The Hall–Kier alpha value is -2.57. The highest BCUT2D eigenvalue weighted by Gasteiger charge is 2.40. The van der Waals surface area contributed by atoms with Crippen LogP contribution < -0.4 is 9.47 Å². The molecule has 2 aliphatic rings. The first kappa shape index (κ1) is 15.0. The highest BCUT2D eigenvalue weighted by atomic mass is 16.6. The fraction of sp³-hybridized carbons (Fsp3) is 0.471. The lowest BCUT2D eigenvalue weighted by molar-refractivity contribution is -0.132. The molecule has 2 aromatic rings. The van der Waals surface area contributed by atoms with E-state index in [4.69, 9.17) is 14.0 Å². The molecule has 1 aromatic heterocycles. The van der Waals surface area contributed by atoms with E-state index >= 15 is 0 Å². The number of ether oxygens (including phenoxy) is 2. The number of nitrogens with zero attached hydrogens (tertiary/aromatic N) is 3. The zero-order valence-corrected chi connectivity index (χ0v) is 13.7. The summed E-state index contributed by atoms with van der Waals surface area (Å²) in [5, 5.41) is 4.09. The first-order valence-corrected chi connectivity index (χ1v) is 8.04. The number of amides is 1. The van der Waals surface area contributed by atoms with Gasteiger partial charge in [-0.05, 0) is 25.5 Å². The van der Waals surface area contributed by atoms with Gasteiger partial charge in [-0.3, -0.25) is 4.79 Å². The summed E-state index contributed by atoms with van der Waals surface area (Å²) in [4.78, 5) is 18.1. The standard InChI is InChI=1S/C17H19N3O4/c1-17(10-22-12-5-3-4-6-13(12)23-17)16-18-15(24-19-16)11-7-8-20(2)14(21)9-11/h3-6,11H,7-10H2,1-2H3. The Morgan fingerprint density at radius 1 is 1.29 bits per heavy atom. The largest absolute Gasteiger partial charge is 0.485 e. The second-order valence-electron chi connectivity index (χ2n) is 6.53. The average Bonchev–Trinajstić information content (AvgIpc) is 3.08. The van der Waals surface area contributed by atoms with E-state index in [-0.39, 0.29) is 11.8 Å². The number of hydrogen-bond donors (Lipinski definition) is 0. The number of piperidine rings is 1. The zero-order valence-electron chi connectivity index (χ0n) is 13.7. The highest BCUT2D eigenvalue weighted by molar-refractivity contribution is 5.77. The molecule has 126 valence electrons. The van der Waals surface area contributed by atoms with E-state index in [1.807, 2.05) is 38.2 Å². The second kappa shape index (κ2) is 5.51. The van der Waals surface area contributed by atoms with E-state index in [0.29, 0.717) is 42.8 Å². The topological polar surface area (TPSA) is 77.7 Å². The predicted molar refractivity (Wildman–Crippen MR) is 83.8 cm³/mol. The molecule has 4 rings (SSSR count). The molecule has 7 heteroatoms. The first-order valence-electron chi connectivity index (χ1n) is 8.04. The van der Waals surface area contributed by atoms with Crippen molar-refractivity contribution in [2.45, 2.75) is 31.3 Å². The number of para-hydroxylation sites is 2. The minimum atomic E-state index is -0.814. The van der Waals surface area contributed by atoms with Crippen molar-refractivity contribution in [1.29, 1.82) is 0 Å². The molecule has 0 radical (unpaired) electrons. The minimum Gasteiger partial charge on any atom is -0.485 e. The molecular formula is C17H19N3O4. The SMILES string of the molecule is CN1CCC(c2nc(C3(C)COc4ccccc4O3)no2)CC1=O. The Bertz CT molecular complexity index is 775. The minimum absolute atomic E-state index is 0.0321. The lowest BCUT2D eigenvalue weighted by Crippen LogP contribution is -2.40. The van der Waals surface area contributed by atoms with Crippen molar-refractivity contribution in [1.82, 2.24) is 15.0 Å². The lowest BCUT2D eigenvalue weighted by atomic mass is 9.96. The van der Waals surface area contributed by atoms with Gasteiger partial charge in [0.2, 0.25) is 23.2 Å². The molecule has 1 aromatic carbocycles. The Morgan fingerprint density at radius 3 is 2.88 bits per heavy atom. The summed E-state index contributed by atoms with van der Waals surface area (Å²) in [7, 11) is 1.81. The molecule has 7 nitrogen and oxygen atoms in total. The summed E-state index contributed by atoms with van der Waals surface area (Å²) < 4.78 is 17.3. The molecule has 2 aliphatic heterocycles. The Kier molecular flexibility index (Phi) is 3.44. The molecule has 0 bridgehead atoms. The van der Waals surface area contributed by atoms with E-state index in [9.17, 15) is 4.79 Å². The maximum Gasteiger partial charge on any atom is 0.230 e. The van der Waals surface area contributed by atoms with Crippen molar-refractivity contribution in [2.24, 2.45) is 0 Å². The van der Waals surface area contributed by atoms with Gasteiger partial charge < -0.3 is 18.9 Å². The number of rotatable bonds is 2. The van der Waals surface area contributed by atoms with Crippen molar-refractivity contribution < 1.29 is 18.8 Å². The van der Waals surface area contributed by atoms with Crippen molar-refractivity contribution in [3.8, 4) is 11.5 Å². The van der Waals surface area contributed by atoms with Crippen LogP contribution in [-0.4, -0.2) is 41.1 Å². The third-order valence-corrected chi connectivity index (χ3v) is 4.61. The Balaban J connectivity index is 1.56. The number of fused-ring (bicyclic) bond motifs is 1. The maximum absolute atomic E-state index is 11.9. The normalized spacial score (nSPS) is 26.5. The number of carbonyl (C=O) groups is 1. The predicted octanol–water partition coefficient (Wildman–Crippen LogP) is 2.09. The van der Waals surface area contributed by atoms with Crippen LogP contribution in [0.5, 0.6) is 11.5 Å². The molecular weight excluding hydrogens is 310 g/mol. The van der Waals surface area contributed by atoms with E-state index < -0.39 is 5.60 Å². The molecule has 2 atom stereocenters. The van der Waals surface area contributed by atoms with Crippen molar-refractivity contribution in [2.75, 3.05) is 20.2 Å². The van der Waals surface area contributed by atoms with Crippen molar-refractivity contribution in [3.05, 3.63) is 36.0 Å². The van der Waals surface area contributed by atoms with Gasteiger partial charge in [-0.1, -0.05) is 17.3 Å². The lowest BCUT2D eigenvalue weighted by Gasteiger charge is -2.32. The van der Waals surface area contributed by atoms with Gasteiger partial charge >= 0.3 is 0 Å². The van der Waals surface area contributed by atoms with Gasteiger partial charge in [0.25, 0.3) is 0 Å². The molecule has 24 heavy (non-hydrogen) atoms. The van der Waals surface area contributed by atoms with Gasteiger partial charge in [0.1, 0.15) is 6.61 Å². The second-order valence-corrected chi connectivity index (χ2v) is 6.53. The fourth-order valence-electron chi connectivity index (χ4n) is 3.02. The number of hydrogen-bond acceptors (Lipinski definition) is 6. The van der Waals surface area contributed by atoms with Crippen LogP contribution in [0.1, 0.15) is 37.4 Å². The van der Waals surface area contributed by atoms with Gasteiger partial charge in [0, 0.05) is 25.9 Å². The number of aromatic nitrogens is 2. The molecule has 0 N–H and O–H groups in total. The van der Waals surface area contributed by atoms with E-state index in [1.165, 1.54) is 0 Å². The van der Waals surface area contributed by atoms with E-state index in [1.54, 1.807) is 4.90 Å². The van der Waals surface area contributed by atoms with Crippen LogP contribution in [0, 0.1) is 0 Å². The molecule has 3 heterocycles. The first-order chi connectivity index (χ1) is 11.5. The van der Waals surface area contributed by atoms with Crippen LogP contribution in [0.2, 0.25) is 0 Å². The summed E-state index contributed by atoms with van der Waals surface area (Å²) in [6.45, 7) is 2.87. The number of carbonyl (C=O) groups excluding carboxylic acids is 1. The molecule has 1 fully saturated rings. The molecule has 1 amide bonds. The molecule has 0 spiro atoms. The summed E-state index contributed by atoms with van der Waals surface area (Å²) in [6.07, 6.45) is 1.22. The van der Waals surface area contributed by atoms with Gasteiger partial charge in [-0.2, -0.15) is 4.98 Å².